The number of fused-ring (bicyclic) bond motifs is 2. The highest BCUT2D eigenvalue weighted by atomic mass is 32.1. The zero-order chi connectivity index (χ0) is 17.5. The van der Waals surface area contributed by atoms with Crippen molar-refractivity contribution in [2.24, 2.45) is 0 Å². The van der Waals surface area contributed by atoms with E-state index in [0.29, 0.717) is 0 Å². The lowest BCUT2D eigenvalue weighted by atomic mass is 9.97. The molecule has 3 heterocycles. The van der Waals surface area contributed by atoms with E-state index in [0.717, 1.165) is 53.1 Å². The third-order valence-corrected chi connectivity index (χ3v) is 6.24. The van der Waals surface area contributed by atoms with E-state index in [1.165, 1.54) is 4.70 Å². The molecule has 1 saturated heterocycles. The molecule has 4 nitrogen and oxygen atoms in total. The Morgan fingerprint density at radius 3 is 2.88 bits per heavy atom. The summed E-state index contributed by atoms with van der Waals surface area (Å²) in [5.74, 6) is 1.42. The lowest BCUT2D eigenvalue weighted by Crippen LogP contribution is -2.39. The van der Waals surface area contributed by atoms with Crippen LogP contribution in [0.1, 0.15) is 34.3 Å². The Morgan fingerprint density at radius 2 is 2.00 bits per heavy atom. The van der Waals surface area contributed by atoms with Gasteiger partial charge in [-0.05, 0) is 42.5 Å². The Kier molecular flexibility index (Phi) is 3.75. The fourth-order valence-corrected chi connectivity index (χ4v) is 4.82. The fraction of sp³-hybridized carbons (Fsp3) is 0.238. The van der Waals surface area contributed by atoms with Gasteiger partial charge < -0.3 is 9.88 Å². The molecule has 1 fully saturated rings. The second-order valence-electron chi connectivity index (χ2n) is 6.88. The maximum Gasteiger partial charge on any atom is 0.263 e. The van der Waals surface area contributed by atoms with E-state index in [2.05, 4.69) is 23.2 Å². The molecule has 1 unspecified atom stereocenters. The van der Waals surface area contributed by atoms with Crippen LogP contribution >= 0.6 is 11.3 Å². The number of rotatable bonds is 2. The molecule has 4 aromatic rings. The molecule has 1 aliphatic heterocycles. The van der Waals surface area contributed by atoms with E-state index in [1.807, 2.05) is 41.3 Å². The predicted molar refractivity (Wildman–Crippen MR) is 106 cm³/mol. The Morgan fingerprint density at radius 1 is 1.15 bits per heavy atom. The first-order valence-electron chi connectivity index (χ1n) is 9.00. The van der Waals surface area contributed by atoms with Crippen molar-refractivity contribution in [1.29, 1.82) is 0 Å². The molecule has 1 aliphatic rings. The van der Waals surface area contributed by atoms with Gasteiger partial charge in [-0.2, -0.15) is 0 Å². The third kappa shape index (κ3) is 2.69. The molecule has 2 aromatic heterocycles. The number of thiophene rings is 1. The molecule has 1 amide bonds. The number of carbonyl (C=O) groups is 1. The van der Waals surface area contributed by atoms with Gasteiger partial charge in [0.1, 0.15) is 5.82 Å². The first kappa shape index (κ1) is 15.6. The normalized spacial score (nSPS) is 17.8. The number of piperidine rings is 1. The van der Waals surface area contributed by atoms with Gasteiger partial charge in [0.25, 0.3) is 5.91 Å². The molecule has 2 aromatic carbocycles. The van der Waals surface area contributed by atoms with E-state index in [9.17, 15) is 4.79 Å². The maximum atomic E-state index is 13.0. The number of aromatic amines is 1. The summed E-state index contributed by atoms with van der Waals surface area (Å²) >= 11 is 1.59. The maximum absolute atomic E-state index is 13.0. The number of carbonyl (C=O) groups excluding carboxylic acids is 1. The Labute approximate surface area is 155 Å². The van der Waals surface area contributed by atoms with Gasteiger partial charge in [-0.25, -0.2) is 4.98 Å². The van der Waals surface area contributed by atoms with Crippen LogP contribution in [0.4, 0.5) is 0 Å². The number of para-hydroxylation sites is 2. The first-order chi connectivity index (χ1) is 12.8. The number of nitrogens with one attached hydrogen (secondary N) is 1. The predicted octanol–water partition coefficient (Wildman–Crippen LogP) is 4.80. The Bertz CT molecular complexity index is 1030. The largest absolute Gasteiger partial charge is 0.342 e. The molecular weight excluding hydrogens is 342 g/mol. The molecule has 26 heavy (non-hydrogen) atoms. The van der Waals surface area contributed by atoms with E-state index in [1.54, 1.807) is 11.3 Å². The van der Waals surface area contributed by atoms with Gasteiger partial charge in [-0.1, -0.05) is 30.3 Å². The number of imidazole rings is 1. The molecule has 0 radical (unpaired) electrons. The number of aromatic nitrogens is 2. The minimum atomic E-state index is 0.145. The van der Waals surface area contributed by atoms with Crippen molar-refractivity contribution < 1.29 is 4.79 Å². The fourth-order valence-electron chi connectivity index (χ4n) is 3.79. The van der Waals surface area contributed by atoms with Crippen molar-refractivity contribution in [3.05, 3.63) is 65.3 Å². The smallest absolute Gasteiger partial charge is 0.263 e. The average molecular weight is 361 g/mol. The van der Waals surface area contributed by atoms with Gasteiger partial charge in [0.05, 0.1) is 15.9 Å². The van der Waals surface area contributed by atoms with Crippen LogP contribution in [-0.4, -0.2) is 33.9 Å². The molecular formula is C21H19N3OS. The summed E-state index contributed by atoms with van der Waals surface area (Å²) in [6.07, 6.45) is 2.08. The topological polar surface area (TPSA) is 49.0 Å². The first-order valence-corrected chi connectivity index (χ1v) is 9.82. The van der Waals surface area contributed by atoms with Crippen molar-refractivity contribution in [3.63, 3.8) is 0 Å². The summed E-state index contributed by atoms with van der Waals surface area (Å²) in [6, 6.07) is 18.3. The van der Waals surface area contributed by atoms with Crippen molar-refractivity contribution >= 4 is 38.4 Å². The molecule has 0 saturated carbocycles. The number of benzene rings is 2. The molecule has 0 spiro atoms. The summed E-state index contributed by atoms with van der Waals surface area (Å²) in [5.41, 5.74) is 2.06. The lowest BCUT2D eigenvalue weighted by molar-refractivity contribution is 0.0710. The van der Waals surface area contributed by atoms with Crippen LogP contribution in [0.5, 0.6) is 0 Å². The van der Waals surface area contributed by atoms with E-state index in [-0.39, 0.29) is 11.8 Å². The highest BCUT2D eigenvalue weighted by molar-refractivity contribution is 7.20. The number of hydrogen-bond acceptors (Lipinski definition) is 3. The summed E-state index contributed by atoms with van der Waals surface area (Å²) < 4.78 is 1.17. The molecule has 5 heteroatoms. The van der Waals surface area contributed by atoms with Gasteiger partial charge in [-0.15, -0.1) is 11.3 Å². The van der Waals surface area contributed by atoms with Gasteiger partial charge in [-0.3, -0.25) is 4.79 Å². The zero-order valence-electron chi connectivity index (χ0n) is 14.3. The third-order valence-electron chi connectivity index (χ3n) is 5.14. The minimum Gasteiger partial charge on any atom is -0.342 e. The number of H-pyrrole nitrogens is 1. The van der Waals surface area contributed by atoms with Crippen LogP contribution < -0.4 is 0 Å². The van der Waals surface area contributed by atoms with Crippen LogP contribution in [0, 0.1) is 0 Å². The van der Waals surface area contributed by atoms with Gasteiger partial charge in [0, 0.05) is 23.7 Å². The van der Waals surface area contributed by atoms with Crippen LogP contribution in [0.25, 0.3) is 21.1 Å². The second kappa shape index (κ2) is 6.25. The van der Waals surface area contributed by atoms with Crippen molar-refractivity contribution in [1.82, 2.24) is 14.9 Å². The summed E-state index contributed by atoms with van der Waals surface area (Å²) in [7, 11) is 0. The summed E-state index contributed by atoms with van der Waals surface area (Å²) in [4.78, 5) is 24.0. The number of nitrogens with zero attached hydrogens (tertiary/aromatic N) is 2. The van der Waals surface area contributed by atoms with Crippen LogP contribution in [0.15, 0.2) is 54.6 Å². The highest BCUT2D eigenvalue weighted by Crippen LogP contribution is 2.30. The van der Waals surface area contributed by atoms with Crippen LogP contribution in [0.2, 0.25) is 0 Å². The molecule has 5 rings (SSSR count). The van der Waals surface area contributed by atoms with Crippen molar-refractivity contribution in [3.8, 4) is 0 Å². The highest BCUT2D eigenvalue weighted by Gasteiger charge is 2.28. The van der Waals surface area contributed by atoms with Crippen LogP contribution in [-0.2, 0) is 0 Å². The van der Waals surface area contributed by atoms with Crippen molar-refractivity contribution in [2.45, 2.75) is 18.8 Å². The van der Waals surface area contributed by atoms with Gasteiger partial charge in [0.15, 0.2) is 0 Å². The number of amides is 1. The zero-order valence-corrected chi connectivity index (χ0v) is 15.1. The molecule has 0 aliphatic carbocycles. The van der Waals surface area contributed by atoms with Gasteiger partial charge in [0.2, 0.25) is 0 Å². The minimum absolute atomic E-state index is 0.145. The van der Waals surface area contributed by atoms with Crippen molar-refractivity contribution in [2.75, 3.05) is 13.1 Å². The van der Waals surface area contributed by atoms with E-state index >= 15 is 0 Å². The average Bonchev–Trinajstić information content (AvgIpc) is 3.31. The summed E-state index contributed by atoms with van der Waals surface area (Å²) in [5, 5.41) is 1.15. The Hall–Kier alpha value is -2.66. The van der Waals surface area contributed by atoms with Crippen LogP contribution in [0.3, 0.4) is 0 Å². The number of likely N-dealkylation sites (tertiary alicyclic amines) is 1. The lowest BCUT2D eigenvalue weighted by Gasteiger charge is -2.31. The molecule has 130 valence electrons. The van der Waals surface area contributed by atoms with Gasteiger partial charge >= 0.3 is 0 Å². The number of hydrogen-bond donors (Lipinski definition) is 1. The summed E-state index contributed by atoms with van der Waals surface area (Å²) in [6.45, 7) is 1.55. The molecule has 1 N–H and O–H groups in total. The standard InChI is InChI=1S/C21H19N3OS/c25-21(19-12-14-6-1-4-10-18(14)26-19)24-11-5-7-15(13-24)20-22-16-8-2-3-9-17(16)23-20/h1-4,6,8-10,12,15H,5,7,11,13H2,(H,22,23). The SMILES string of the molecule is O=C(c1cc2ccccc2s1)N1CCCC(c2nc3ccccc3[nH]2)C1. The molecule has 1 atom stereocenters. The molecule has 0 bridgehead atoms. The van der Waals surface area contributed by atoms with E-state index < -0.39 is 0 Å². The monoisotopic (exact) mass is 361 g/mol. The quantitative estimate of drug-likeness (QED) is 0.558. The van der Waals surface area contributed by atoms with E-state index in [4.69, 9.17) is 4.98 Å². The Balaban J connectivity index is 1.40. The second-order valence-corrected chi connectivity index (χ2v) is 7.96.